The molecule has 1 N–H and O–H groups in total. The number of carbonyl (C=O) groups excluding carboxylic acids is 2. The molecule has 2 fully saturated rings. The second kappa shape index (κ2) is 12.0. The Hall–Kier alpha value is -2.12. The largest absolute Gasteiger partial charge is 0.427 e. The number of hydrogen-bond donors (Lipinski definition) is 1. The van der Waals surface area contributed by atoms with Gasteiger partial charge in [0.25, 0.3) is 0 Å². The van der Waals surface area contributed by atoms with Gasteiger partial charge in [-0.1, -0.05) is 55.2 Å². The number of halogens is 2. The van der Waals surface area contributed by atoms with Gasteiger partial charge in [-0.3, -0.25) is 9.59 Å². The van der Waals surface area contributed by atoms with Gasteiger partial charge in [-0.15, -0.1) is 0 Å². The molecule has 1 unspecified atom stereocenters. The van der Waals surface area contributed by atoms with Gasteiger partial charge in [0.05, 0.1) is 22.6 Å². The van der Waals surface area contributed by atoms with Gasteiger partial charge in [0.2, 0.25) is 5.91 Å². The molecule has 8 heteroatoms. The minimum atomic E-state index is -0.568. The average molecular weight is 562 g/mol. The van der Waals surface area contributed by atoms with Crippen LogP contribution in [0.4, 0.5) is 0 Å². The predicted octanol–water partition coefficient (Wildman–Crippen LogP) is 5.36. The number of fused-ring (bicyclic) bond motifs is 1. The summed E-state index contributed by atoms with van der Waals surface area (Å²) >= 11 is 12.3. The van der Waals surface area contributed by atoms with E-state index >= 15 is 0 Å². The number of ether oxygens (including phenoxy) is 1. The third-order valence-electron chi connectivity index (χ3n) is 8.07. The lowest BCUT2D eigenvalue weighted by atomic mass is 9.56. The van der Waals surface area contributed by atoms with Crippen molar-refractivity contribution >= 4 is 35.1 Å². The highest BCUT2D eigenvalue weighted by molar-refractivity contribution is 6.42. The van der Waals surface area contributed by atoms with Gasteiger partial charge in [0, 0.05) is 37.4 Å². The summed E-state index contributed by atoms with van der Waals surface area (Å²) in [6, 6.07) is 12.9. The Bertz CT molecular complexity index is 1170. The Labute approximate surface area is 235 Å². The van der Waals surface area contributed by atoms with E-state index in [4.69, 9.17) is 27.9 Å². The molecule has 2 aliphatic rings. The van der Waals surface area contributed by atoms with Crippen LogP contribution in [0.5, 0.6) is 5.75 Å². The van der Waals surface area contributed by atoms with E-state index in [1.807, 2.05) is 23.1 Å². The first-order valence-electron chi connectivity index (χ1n) is 13.4. The quantitative estimate of drug-likeness (QED) is 0.364. The molecule has 2 aromatic rings. The van der Waals surface area contributed by atoms with Crippen molar-refractivity contribution in [3.8, 4) is 5.75 Å². The number of hydrogen-bond acceptors (Lipinski definition) is 5. The molecule has 38 heavy (non-hydrogen) atoms. The summed E-state index contributed by atoms with van der Waals surface area (Å²) in [6.07, 6.45) is 1.77. The first-order chi connectivity index (χ1) is 18.0. The molecule has 1 aliphatic heterocycles. The van der Waals surface area contributed by atoms with Crippen molar-refractivity contribution in [3.63, 3.8) is 0 Å². The van der Waals surface area contributed by atoms with Crippen molar-refractivity contribution in [2.75, 3.05) is 26.7 Å². The van der Waals surface area contributed by atoms with Gasteiger partial charge in [0.15, 0.2) is 0 Å². The number of rotatable bonds is 7. The zero-order chi connectivity index (χ0) is 27.6. The minimum absolute atomic E-state index is 0.0103. The van der Waals surface area contributed by atoms with Crippen LogP contribution in [0.3, 0.4) is 0 Å². The van der Waals surface area contributed by atoms with Crippen LogP contribution >= 0.6 is 23.2 Å². The van der Waals surface area contributed by atoms with Crippen molar-refractivity contribution in [1.29, 1.82) is 0 Å². The topological polar surface area (TPSA) is 70.1 Å². The van der Waals surface area contributed by atoms with Gasteiger partial charge in [-0.05, 0) is 74.2 Å². The van der Waals surface area contributed by atoms with Crippen LogP contribution in [-0.4, -0.2) is 65.6 Å². The molecule has 1 aliphatic carbocycles. The number of esters is 1. The van der Waals surface area contributed by atoms with Crippen molar-refractivity contribution in [1.82, 2.24) is 9.80 Å². The SMILES string of the molecule is CC(=O)Oc1cccc([C@@]23CCN(C)C[C@H]2C(O)C[C@H](N(CC(C)C)C(=O)Cc2ccc(Cl)c(Cl)c2)C3)c1. The molecule has 1 heterocycles. The highest BCUT2D eigenvalue weighted by atomic mass is 35.5. The van der Waals surface area contributed by atoms with Crippen LogP contribution in [-0.2, 0) is 21.4 Å². The molecule has 0 radical (unpaired) electrons. The van der Waals surface area contributed by atoms with Crippen LogP contribution < -0.4 is 4.74 Å². The first kappa shape index (κ1) is 28.9. The van der Waals surface area contributed by atoms with Crippen LogP contribution in [0.15, 0.2) is 42.5 Å². The fraction of sp³-hybridized carbons (Fsp3) is 0.533. The van der Waals surface area contributed by atoms with E-state index in [2.05, 4.69) is 31.9 Å². The Morgan fingerprint density at radius 2 is 1.95 bits per heavy atom. The van der Waals surface area contributed by atoms with Crippen molar-refractivity contribution in [2.24, 2.45) is 11.8 Å². The van der Waals surface area contributed by atoms with Gasteiger partial charge in [-0.25, -0.2) is 0 Å². The lowest BCUT2D eigenvalue weighted by molar-refractivity contribution is -0.138. The lowest BCUT2D eigenvalue weighted by Gasteiger charge is -2.56. The van der Waals surface area contributed by atoms with Crippen LogP contribution in [0.25, 0.3) is 0 Å². The average Bonchev–Trinajstić information content (AvgIpc) is 2.85. The molecular weight excluding hydrogens is 523 g/mol. The van der Waals surface area contributed by atoms with E-state index in [-0.39, 0.29) is 41.6 Å². The minimum Gasteiger partial charge on any atom is -0.427 e. The highest BCUT2D eigenvalue weighted by Gasteiger charge is 2.53. The third-order valence-corrected chi connectivity index (χ3v) is 8.81. The maximum Gasteiger partial charge on any atom is 0.308 e. The Balaban J connectivity index is 1.69. The molecule has 2 aromatic carbocycles. The van der Waals surface area contributed by atoms with Crippen molar-refractivity contribution in [2.45, 2.75) is 64.0 Å². The highest BCUT2D eigenvalue weighted by Crippen LogP contribution is 2.50. The second-order valence-corrected chi connectivity index (χ2v) is 12.2. The molecule has 1 amide bonds. The van der Waals surface area contributed by atoms with E-state index in [1.165, 1.54) is 6.92 Å². The van der Waals surface area contributed by atoms with Gasteiger partial charge < -0.3 is 19.6 Å². The molecular formula is C30H38Cl2N2O4. The monoisotopic (exact) mass is 560 g/mol. The zero-order valence-electron chi connectivity index (χ0n) is 22.6. The molecule has 0 aromatic heterocycles. The molecule has 0 spiro atoms. The van der Waals surface area contributed by atoms with Gasteiger partial charge >= 0.3 is 5.97 Å². The molecule has 206 valence electrons. The Kier molecular flexibility index (Phi) is 9.08. The van der Waals surface area contributed by atoms with Gasteiger partial charge in [0.1, 0.15) is 5.75 Å². The van der Waals surface area contributed by atoms with Crippen LogP contribution in [0.2, 0.25) is 10.0 Å². The first-order valence-corrected chi connectivity index (χ1v) is 14.1. The fourth-order valence-electron chi connectivity index (χ4n) is 6.39. The molecule has 6 nitrogen and oxygen atoms in total. The normalized spacial score (nSPS) is 25.6. The summed E-state index contributed by atoms with van der Waals surface area (Å²) in [5.41, 5.74) is 1.53. The fourth-order valence-corrected chi connectivity index (χ4v) is 6.71. The standard InChI is InChI=1S/C30H38Cl2N2O4/c1-19(2)17-34(29(37)13-21-8-9-26(31)27(32)12-21)23-15-28(36)25-18-33(4)11-10-30(25,16-23)22-6-5-7-24(14-22)38-20(3)35/h5-9,12,14,19,23,25,28,36H,10-11,13,15-18H2,1-4H3/t23-,25-,28?,30-/m0/s1. The molecule has 4 atom stereocenters. The van der Waals surface area contributed by atoms with Crippen molar-refractivity contribution < 1.29 is 19.4 Å². The summed E-state index contributed by atoms with van der Waals surface area (Å²) in [6.45, 7) is 7.87. The summed E-state index contributed by atoms with van der Waals surface area (Å²) in [7, 11) is 2.09. The van der Waals surface area contributed by atoms with E-state index in [0.717, 1.165) is 37.1 Å². The van der Waals surface area contributed by atoms with Gasteiger partial charge in [-0.2, -0.15) is 0 Å². The summed E-state index contributed by atoms with van der Waals surface area (Å²) in [5.74, 6) is 0.439. The second-order valence-electron chi connectivity index (χ2n) is 11.4. The van der Waals surface area contributed by atoms with E-state index in [0.29, 0.717) is 28.8 Å². The number of aliphatic hydroxyl groups excluding tert-OH is 1. The number of aliphatic hydroxyl groups is 1. The van der Waals surface area contributed by atoms with E-state index in [9.17, 15) is 14.7 Å². The maximum atomic E-state index is 13.8. The summed E-state index contributed by atoms with van der Waals surface area (Å²) in [5, 5.41) is 12.5. The van der Waals surface area contributed by atoms with E-state index in [1.54, 1.807) is 18.2 Å². The Morgan fingerprint density at radius 3 is 2.63 bits per heavy atom. The molecule has 1 saturated heterocycles. The predicted molar refractivity (Wildman–Crippen MR) is 151 cm³/mol. The van der Waals surface area contributed by atoms with E-state index < -0.39 is 6.10 Å². The van der Waals surface area contributed by atoms with Crippen molar-refractivity contribution in [3.05, 3.63) is 63.6 Å². The zero-order valence-corrected chi connectivity index (χ0v) is 24.1. The number of piperidine rings is 1. The number of amides is 1. The summed E-state index contributed by atoms with van der Waals surface area (Å²) < 4.78 is 5.42. The smallest absolute Gasteiger partial charge is 0.308 e. The summed E-state index contributed by atoms with van der Waals surface area (Å²) in [4.78, 5) is 29.7. The molecule has 0 bridgehead atoms. The number of benzene rings is 2. The maximum absolute atomic E-state index is 13.8. The Morgan fingerprint density at radius 1 is 1.18 bits per heavy atom. The molecule has 1 saturated carbocycles. The van der Waals surface area contributed by atoms with Crippen LogP contribution in [0.1, 0.15) is 51.2 Å². The van der Waals surface area contributed by atoms with Crippen LogP contribution in [0, 0.1) is 11.8 Å². The molecule has 4 rings (SSSR count). The number of nitrogens with zero attached hydrogens (tertiary/aromatic N) is 2. The number of likely N-dealkylation sites (tertiary alicyclic amines) is 1. The number of carbonyl (C=O) groups is 2. The third kappa shape index (κ3) is 6.36. The lowest BCUT2D eigenvalue weighted by Crippen LogP contribution is -2.61.